The summed E-state index contributed by atoms with van der Waals surface area (Å²) in [7, 11) is 3.32. The predicted molar refractivity (Wildman–Crippen MR) is 108 cm³/mol. The Balaban J connectivity index is 1.67. The Kier molecular flexibility index (Phi) is 4.75. The zero-order valence-corrected chi connectivity index (χ0v) is 16.8. The number of hydrogen-bond acceptors (Lipinski definition) is 6. The molecule has 0 aliphatic carbocycles. The molecular weight excluding hydrogens is 411 g/mol. The van der Waals surface area contributed by atoms with E-state index >= 15 is 0 Å². The summed E-state index contributed by atoms with van der Waals surface area (Å²) in [5.41, 5.74) is 6.92. The number of pyridine rings is 1. The quantitative estimate of drug-likeness (QED) is 0.536. The van der Waals surface area contributed by atoms with Crippen LogP contribution >= 0.6 is 0 Å². The molecule has 0 aliphatic heterocycles. The van der Waals surface area contributed by atoms with Gasteiger partial charge in [0.25, 0.3) is 5.91 Å². The molecule has 0 bridgehead atoms. The number of carbonyl (C=O) groups is 1. The van der Waals surface area contributed by atoms with E-state index in [2.05, 4.69) is 20.1 Å². The van der Waals surface area contributed by atoms with Crippen LogP contribution in [0.1, 0.15) is 34.7 Å². The highest BCUT2D eigenvalue weighted by Gasteiger charge is 2.33. The van der Waals surface area contributed by atoms with Crippen molar-refractivity contribution in [3.8, 4) is 0 Å². The first kappa shape index (κ1) is 20.5. The molecule has 11 heteroatoms. The number of carbonyl (C=O) groups excluding carboxylic acids is 1. The lowest BCUT2D eigenvalue weighted by Crippen LogP contribution is -2.30. The van der Waals surface area contributed by atoms with E-state index in [4.69, 9.17) is 5.73 Å². The molecule has 8 nitrogen and oxygen atoms in total. The third kappa shape index (κ3) is 3.51. The maximum absolute atomic E-state index is 13.1. The third-order valence-corrected chi connectivity index (χ3v) is 5.25. The van der Waals surface area contributed by atoms with Gasteiger partial charge >= 0.3 is 6.18 Å². The molecule has 0 fully saturated rings. The highest BCUT2D eigenvalue weighted by atomic mass is 19.4. The number of rotatable bonds is 3. The largest absolute Gasteiger partial charge is 0.434 e. The number of fused-ring (bicyclic) bond motifs is 3. The molecule has 0 spiro atoms. The molecule has 0 saturated heterocycles. The van der Waals surface area contributed by atoms with Crippen molar-refractivity contribution in [2.24, 2.45) is 7.05 Å². The Hall–Kier alpha value is -3.76. The topological polar surface area (TPSA) is 103 Å². The van der Waals surface area contributed by atoms with Gasteiger partial charge in [-0.15, -0.1) is 0 Å². The average molecular weight is 429 g/mol. The molecule has 2 N–H and O–H groups in total. The van der Waals surface area contributed by atoms with Crippen LogP contribution in [0.25, 0.3) is 21.8 Å². The van der Waals surface area contributed by atoms with Gasteiger partial charge in [0.05, 0.1) is 46.7 Å². The SMILES string of the molecule is C[C@H](c1cnc(C(F)(F)F)cn1)N(C)C(=O)c1ccc2nc(N)c3cnn(C)c3c2c1. The first-order chi connectivity index (χ1) is 14.6. The number of nitrogens with two attached hydrogens (primary N) is 1. The maximum atomic E-state index is 13.1. The zero-order valence-electron chi connectivity index (χ0n) is 16.8. The number of nitrogen functional groups attached to an aromatic ring is 1. The molecule has 160 valence electrons. The number of halogens is 3. The van der Waals surface area contributed by atoms with Crippen LogP contribution in [0.5, 0.6) is 0 Å². The molecule has 1 aromatic carbocycles. The van der Waals surface area contributed by atoms with Crippen molar-refractivity contribution in [3.05, 3.63) is 53.7 Å². The lowest BCUT2D eigenvalue weighted by atomic mass is 10.1. The Morgan fingerprint density at radius 2 is 1.90 bits per heavy atom. The first-order valence-electron chi connectivity index (χ1n) is 9.25. The Morgan fingerprint density at radius 1 is 1.16 bits per heavy atom. The molecule has 0 radical (unpaired) electrons. The van der Waals surface area contributed by atoms with Crippen molar-refractivity contribution >= 4 is 33.5 Å². The average Bonchev–Trinajstić information content (AvgIpc) is 3.14. The second-order valence-corrected chi connectivity index (χ2v) is 7.18. The van der Waals surface area contributed by atoms with E-state index in [0.717, 1.165) is 11.7 Å². The molecule has 0 unspecified atom stereocenters. The summed E-state index contributed by atoms with van der Waals surface area (Å²) < 4.78 is 39.8. The molecule has 1 amide bonds. The minimum absolute atomic E-state index is 0.244. The van der Waals surface area contributed by atoms with E-state index in [1.54, 1.807) is 50.1 Å². The number of aromatic nitrogens is 5. The Labute approximate surface area is 174 Å². The van der Waals surface area contributed by atoms with E-state index in [1.165, 1.54) is 4.90 Å². The van der Waals surface area contributed by atoms with Crippen molar-refractivity contribution in [3.63, 3.8) is 0 Å². The van der Waals surface area contributed by atoms with Crippen molar-refractivity contribution in [1.29, 1.82) is 0 Å². The van der Waals surface area contributed by atoms with Crippen LogP contribution in [0.2, 0.25) is 0 Å². The normalized spacial score (nSPS) is 13.0. The number of hydrogen-bond donors (Lipinski definition) is 1. The summed E-state index contributed by atoms with van der Waals surface area (Å²) in [4.78, 5) is 26.1. The number of anilines is 1. The van der Waals surface area contributed by atoms with Crippen molar-refractivity contribution in [1.82, 2.24) is 29.6 Å². The maximum Gasteiger partial charge on any atom is 0.434 e. The van der Waals surface area contributed by atoms with Gasteiger partial charge in [-0.25, -0.2) is 9.97 Å². The molecular formula is C20H18F3N7O. The molecule has 1 atom stereocenters. The van der Waals surface area contributed by atoms with Crippen LogP contribution < -0.4 is 5.73 Å². The van der Waals surface area contributed by atoms with Gasteiger partial charge in [-0.3, -0.25) is 14.5 Å². The number of aryl methyl sites for hydroxylation is 1. The van der Waals surface area contributed by atoms with E-state index in [9.17, 15) is 18.0 Å². The summed E-state index contributed by atoms with van der Waals surface area (Å²) in [6.07, 6.45) is -1.27. The Morgan fingerprint density at radius 3 is 2.55 bits per heavy atom. The highest BCUT2D eigenvalue weighted by Crippen LogP contribution is 2.30. The standard InChI is InChI=1S/C20H18F3N7O/c1-10(15-8-26-16(9-25-15)20(21,22)23)29(2)19(31)11-4-5-14-12(6-11)17-13(18(24)28-14)7-27-30(17)3/h4-10H,1-3H3,(H2,24,28)/t10-/m1/s1. The molecule has 3 aromatic heterocycles. The summed E-state index contributed by atoms with van der Waals surface area (Å²) in [6.45, 7) is 1.66. The van der Waals surface area contributed by atoms with Crippen LogP contribution in [0.3, 0.4) is 0 Å². The fourth-order valence-corrected chi connectivity index (χ4v) is 3.37. The second-order valence-electron chi connectivity index (χ2n) is 7.18. The zero-order chi connectivity index (χ0) is 22.5. The van der Waals surface area contributed by atoms with Gasteiger partial charge in [0, 0.05) is 25.0 Å². The van der Waals surface area contributed by atoms with E-state index < -0.39 is 17.9 Å². The van der Waals surface area contributed by atoms with Crippen molar-refractivity contribution in [2.75, 3.05) is 12.8 Å². The van der Waals surface area contributed by atoms with Gasteiger partial charge in [0.2, 0.25) is 0 Å². The van der Waals surface area contributed by atoms with Crippen molar-refractivity contribution < 1.29 is 18.0 Å². The molecule has 0 aliphatic rings. The highest BCUT2D eigenvalue weighted by molar-refractivity contribution is 6.10. The van der Waals surface area contributed by atoms with Gasteiger partial charge < -0.3 is 10.6 Å². The minimum atomic E-state index is -4.57. The third-order valence-electron chi connectivity index (χ3n) is 5.25. The Bertz CT molecular complexity index is 1300. The number of nitrogens with zero attached hydrogens (tertiary/aromatic N) is 6. The van der Waals surface area contributed by atoms with Crippen LogP contribution in [0.4, 0.5) is 19.0 Å². The molecule has 31 heavy (non-hydrogen) atoms. The summed E-state index contributed by atoms with van der Waals surface area (Å²) in [6, 6.07) is 4.43. The van der Waals surface area contributed by atoms with Gasteiger partial charge in [-0.1, -0.05) is 0 Å². The van der Waals surface area contributed by atoms with Crippen LogP contribution in [0, 0.1) is 0 Å². The summed E-state index contributed by atoms with van der Waals surface area (Å²) in [5, 5.41) is 5.61. The van der Waals surface area contributed by atoms with Crippen LogP contribution in [-0.2, 0) is 13.2 Å². The molecule has 0 saturated carbocycles. The molecule has 3 heterocycles. The second kappa shape index (κ2) is 7.18. The van der Waals surface area contributed by atoms with Crippen molar-refractivity contribution in [2.45, 2.75) is 19.1 Å². The fourth-order valence-electron chi connectivity index (χ4n) is 3.37. The summed E-state index contributed by atoms with van der Waals surface area (Å²) >= 11 is 0. The van der Waals surface area contributed by atoms with Gasteiger partial charge in [-0.05, 0) is 25.1 Å². The lowest BCUT2D eigenvalue weighted by Gasteiger charge is -2.24. The van der Waals surface area contributed by atoms with Gasteiger partial charge in [0.15, 0.2) is 5.69 Å². The smallest absolute Gasteiger partial charge is 0.383 e. The van der Waals surface area contributed by atoms with E-state index in [1.807, 2.05) is 0 Å². The van der Waals surface area contributed by atoms with Gasteiger partial charge in [0.1, 0.15) is 5.82 Å². The van der Waals surface area contributed by atoms with Crippen LogP contribution in [0.15, 0.2) is 36.8 Å². The number of amides is 1. The monoisotopic (exact) mass is 429 g/mol. The van der Waals surface area contributed by atoms with E-state index in [-0.39, 0.29) is 11.6 Å². The van der Waals surface area contributed by atoms with Crippen LogP contribution in [-0.4, -0.2) is 42.6 Å². The summed E-state index contributed by atoms with van der Waals surface area (Å²) in [5.74, 6) is 0.0181. The number of alkyl halides is 3. The lowest BCUT2D eigenvalue weighted by molar-refractivity contribution is -0.141. The number of benzene rings is 1. The van der Waals surface area contributed by atoms with E-state index in [0.29, 0.717) is 33.9 Å². The fraction of sp³-hybridized carbons (Fsp3) is 0.250. The molecule has 4 rings (SSSR count). The van der Waals surface area contributed by atoms with Gasteiger partial charge in [-0.2, -0.15) is 18.3 Å². The molecule has 4 aromatic rings. The first-order valence-corrected chi connectivity index (χ1v) is 9.25. The minimum Gasteiger partial charge on any atom is -0.383 e. The predicted octanol–water partition coefficient (Wildman–Crippen LogP) is 3.35.